The van der Waals surface area contributed by atoms with Crippen LogP contribution in [0.2, 0.25) is 0 Å². The first kappa shape index (κ1) is 12.1. The SMILES string of the molecule is Cc1cc2c(c(C)c1N)[C@H](N)CCO2.Cl. The van der Waals surface area contributed by atoms with Crippen molar-refractivity contribution in [2.75, 3.05) is 12.3 Å². The van der Waals surface area contributed by atoms with Gasteiger partial charge in [0.05, 0.1) is 6.61 Å². The van der Waals surface area contributed by atoms with Crippen LogP contribution >= 0.6 is 12.4 Å². The summed E-state index contributed by atoms with van der Waals surface area (Å²) in [5.74, 6) is 0.910. The molecule has 1 atom stereocenters. The fraction of sp³-hybridized carbons (Fsp3) is 0.455. The summed E-state index contributed by atoms with van der Waals surface area (Å²) in [4.78, 5) is 0. The molecule has 1 heterocycles. The van der Waals surface area contributed by atoms with Crippen molar-refractivity contribution in [2.45, 2.75) is 26.3 Å². The number of fused-ring (bicyclic) bond motifs is 1. The van der Waals surface area contributed by atoms with E-state index in [0.29, 0.717) is 6.61 Å². The van der Waals surface area contributed by atoms with Crippen LogP contribution < -0.4 is 16.2 Å². The van der Waals surface area contributed by atoms with Gasteiger partial charge in [-0.25, -0.2) is 0 Å². The van der Waals surface area contributed by atoms with Gasteiger partial charge in [-0.1, -0.05) is 0 Å². The van der Waals surface area contributed by atoms with Gasteiger partial charge in [-0.2, -0.15) is 0 Å². The van der Waals surface area contributed by atoms with E-state index in [4.69, 9.17) is 16.2 Å². The fourth-order valence-electron chi connectivity index (χ4n) is 2.00. The Morgan fingerprint density at radius 1 is 1.40 bits per heavy atom. The highest BCUT2D eigenvalue weighted by Crippen LogP contribution is 2.37. The number of hydrogen-bond donors (Lipinski definition) is 2. The molecule has 0 fully saturated rings. The summed E-state index contributed by atoms with van der Waals surface area (Å²) < 4.78 is 5.57. The lowest BCUT2D eigenvalue weighted by Crippen LogP contribution is -2.22. The standard InChI is InChI=1S/C11H16N2O.ClH/c1-6-5-9-10(7(2)11(6)13)8(12)3-4-14-9;/h5,8H,3-4,12-13H2,1-2H3;1H/t8-;/m1./s1. The average Bonchev–Trinajstić information content (AvgIpc) is 2.14. The molecule has 1 aromatic carbocycles. The number of nitrogen functional groups attached to an aromatic ring is 1. The van der Waals surface area contributed by atoms with Gasteiger partial charge in [-0.05, 0) is 31.0 Å². The molecule has 84 valence electrons. The molecular weight excluding hydrogens is 212 g/mol. The van der Waals surface area contributed by atoms with Crippen LogP contribution in [-0.2, 0) is 0 Å². The van der Waals surface area contributed by atoms with Crippen molar-refractivity contribution in [2.24, 2.45) is 5.73 Å². The number of benzene rings is 1. The quantitative estimate of drug-likeness (QED) is 0.669. The highest BCUT2D eigenvalue weighted by Gasteiger charge is 2.22. The highest BCUT2D eigenvalue weighted by molar-refractivity contribution is 5.85. The summed E-state index contributed by atoms with van der Waals surface area (Å²) in [6, 6.07) is 2.05. The summed E-state index contributed by atoms with van der Waals surface area (Å²) in [6.07, 6.45) is 0.871. The molecule has 4 N–H and O–H groups in total. The Labute approximate surface area is 96.2 Å². The number of aryl methyl sites for hydroxylation is 1. The van der Waals surface area contributed by atoms with Crippen LogP contribution in [0, 0.1) is 13.8 Å². The molecule has 0 bridgehead atoms. The van der Waals surface area contributed by atoms with Crippen LogP contribution in [-0.4, -0.2) is 6.61 Å². The van der Waals surface area contributed by atoms with Crippen molar-refractivity contribution in [3.05, 3.63) is 22.8 Å². The molecule has 3 nitrogen and oxygen atoms in total. The van der Waals surface area contributed by atoms with Crippen LogP contribution in [0.1, 0.15) is 29.2 Å². The van der Waals surface area contributed by atoms with Crippen molar-refractivity contribution in [1.29, 1.82) is 0 Å². The van der Waals surface area contributed by atoms with Crippen LogP contribution in [0.5, 0.6) is 5.75 Å². The second-order valence-electron chi connectivity index (χ2n) is 3.89. The highest BCUT2D eigenvalue weighted by atomic mass is 35.5. The second kappa shape index (κ2) is 4.29. The lowest BCUT2D eigenvalue weighted by Gasteiger charge is -2.26. The molecular formula is C11H17ClN2O. The molecule has 0 saturated carbocycles. The van der Waals surface area contributed by atoms with E-state index in [1.165, 1.54) is 0 Å². The Hall–Kier alpha value is -0.930. The van der Waals surface area contributed by atoms with Crippen molar-refractivity contribution >= 4 is 18.1 Å². The maximum Gasteiger partial charge on any atom is 0.124 e. The molecule has 0 aromatic heterocycles. The van der Waals surface area contributed by atoms with Crippen molar-refractivity contribution in [3.63, 3.8) is 0 Å². The normalized spacial score (nSPS) is 18.7. The van der Waals surface area contributed by atoms with Gasteiger partial charge in [-0.3, -0.25) is 0 Å². The van der Waals surface area contributed by atoms with Gasteiger partial charge < -0.3 is 16.2 Å². The lowest BCUT2D eigenvalue weighted by molar-refractivity contribution is 0.268. The Morgan fingerprint density at radius 3 is 2.73 bits per heavy atom. The summed E-state index contributed by atoms with van der Waals surface area (Å²) >= 11 is 0. The molecule has 1 aromatic rings. The molecule has 1 aliphatic heterocycles. The molecule has 0 radical (unpaired) electrons. The average molecular weight is 229 g/mol. The fourth-order valence-corrected chi connectivity index (χ4v) is 2.00. The van der Waals surface area contributed by atoms with Crippen molar-refractivity contribution in [1.82, 2.24) is 0 Å². The lowest BCUT2D eigenvalue weighted by atomic mass is 9.93. The van der Waals surface area contributed by atoms with Crippen LogP contribution in [0.15, 0.2) is 6.07 Å². The first-order valence-corrected chi connectivity index (χ1v) is 4.89. The van der Waals surface area contributed by atoms with Gasteiger partial charge in [0.15, 0.2) is 0 Å². The van der Waals surface area contributed by atoms with E-state index < -0.39 is 0 Å². The third kappa shape index (κ3) is 1.90. The van der Waals surface area contributed by atoms with Gasteiger partial charge in [-0.15, -0.1) is 12.4 Å². The van der Waals surface area contributed by atoms with Crippen LogP contribution in [0.4, 0.5) is 5.69 Å². The molecule has 1 aliphatic rings. The Kier molecular flexibility index (Phi) is 3.47. The van der Waals surface area contributed by atoms with Crippen LogP contribution in [0.3, 0.4) is 0 Å². The van der Waals surface area contributed by atoms with Gasteiger partial charge in [0, 0.05) is 23.7 Å². The van der Waals surface area contributed by atoms with Gasteiger partial charge in [0.1, 0.15) is 5.75 Å². The molecule has 0 amide bonds. The predicted octanol–water partition coefficient (Wildman–Crippen LogP) is 2.09. The number of hydrogen-bond acceptors (Lipinski definition) is 3. The maximum absolute atomic E-state index is 6.03. The molecule has 0 aliphatic carbocycles. The second-order valence-corrected chi connectivity index (χ2v) is 3.89. The number of anilines is 1. The molecule has 4 heteroatoms. The molecule has 0 saturated heterocycles. The van der Waals surface area contributed by atoms with Gasteiger partial charge in [0.25, 0.3) is 0 Å². The Bertz CT molecular complexity index is 379. The Balaban J connectivity index is 0.00000112. The van der Waals surface area contributed by atoms with E-state index in [-0.39, 0.29) is 18.4 Å². The first-order valence-electron chi connectivity index (χ1n) is 4.89. The van der Waals surface area contributed by atoms with E-state index in [9.17, 15) is 0 Å². The summed E-state index contributed by atoms with van der Waals surface area (Å²) in [5.41, 5.74) is 16.0. The summed E-state index contributed by atoms with van der Waals surface area (Å²) in [6.45, 7) is 4.71. The third-order valence-electron chi connectivity index (χ3n) is 2.90. The molecule has 0 unspecified atom stereocenters. The van der Waals surface area contributed by atoms with E-state index in [2.05, 4.69) is 0 Å². The smallest absolute Gasteiger partial charge is 0.124 e. The third-order valence-corrected chi connectivity index (χ3v) is 2.90. The maximum atomic E-state index is 6.03. The summed E-state index contributed by atoms with van der Waals surface area (Å²) in [5, 5.41) is 0. The number of ether oxygens (including phenoxy) is 1. The molecule has 15 heavy (non-hydrogen) atoms. The number of halogens is 1. The van der Waals surface area contributed by atoms with Crippen LogP contribution in [0.25, 0.3) is 0 Å². The minimum atomic E-state index is 0. The predicted molar refractivity (Wildman–Crippen MR) is 64.6 cm³/mol. The minimum Gasteiger partial charge on any atom is -0.493 e. The van der Waals surface area contributed by atoms with Gasteiger partial charge in [0.2, 0.25) is 0 Å². The van der Waals surface area contributed by atoms with E-state index in [0.717, 1.165) is 34.5 Å². The van der Waals surface area contributed by atoms with E-state index in [1.54, 1.807) is 0 Å². The van der Waals surface area contributed by atoms with Crippen molar-refractivity contribution < 1.29 is 4.74 Å². The zero-order valence-electron chi connectivity index (χ0n) is 9.04. The van der Waals surface area contributed by atoms with E-state index >= 15 is 0 Å². The summed E-state index contributed by atoms with van der Waals surface area (Å²) in [7, 11) is 0. The zero-order valence-corrected chi connectivity index (χ0v) is 9.86. The first-order chi connectivity index (χ1) is 6.61. The topological polar surface area (TPSA) is 61.3 Å². The van der Waals surface area contributed by atoms with Gasteiger partial charge >= 0.3 is 0 Å². The largest absolute Gasteiger partial charge is 0.493 e. The monoisotopic (exact) mass is 228 g/mol. The molecule has 2 rings (SSSR count). The number of rotatable bonds is 0. The van der Waals surface area contributed by atoms with E-state index in [1.807, 2.05) is 19.9 Å². The Morgan fingerprint density at radius 2 is 2.07 bits per heavy atom. The zero-order chi connectivity index (χ0) is 10.3. The molecule has 0 spiro atoms. The number of nitrogens with two attached hydrogens (primary N) is 2. The van der Waals surface area contributed by atoms with Crippen molar-refractivity contribution in [3.8, 4) is 5.75 Å². The minimum absolute atomic E-state index is 0.